The van der Waals surface area contributed by atoms with Gasteiger partial charge >= 0.3 is 0 Å². The molecule has 0 bridgehead atoms. The summed E-state index contributed by atoms with van der Waals surface area (Å²) in [6.07, 6.45) is 7.70. The van der Waals surface area contributed by atoms with E-state index in [0.717, 1.165) is 35.6 Å². The monoisotopic (exact) mass is 276 g/mol. The highest BCUT2D eigenvalue weighted by atomic mass is 15.7. The van der Waals surface area contributed by atoms with Crippen molar-refractivity contribution < 1.29 is 4.59 Å². The zero-order valence-corrected chi connectivity index (χ0v) is 14.0. The Labute approximate surface area is 124 Å². The first-order valence-corrected chi connectivity index (χ1v) is 7.98. The minimum absolute atomic E-state index is 0.730. The summed E-state index contributed by atoms with van der Waals surface area (Å²) in [5.74, 6) is 1.15. The smallest absolute Gasteiger partial charge is 0.199 e. The molecule has 1 saturated heterocycles. The Morgan fingerprint density at radius 2 is 1.90 bits per heavy atom. The molecule has 1 spiro atoms. The zero-order valence-electron chi connectivity index (χ0n) is 14.0. The number of amidine groups is 1. The highest BCUT2D eigenvalue weighted by Gasteiger charge is 2.44. The molecule has 2 aliphatic heterocycles. The Morgan fingerprint density at radius 3 is 2.40 bits per heavy atom. The van der Waals surface area contributed by atoms with Gasteiger partial charge in [-0.1, -0.05) is 37.5 Å². The van der Waals surface area contributed by atoms with Gasteiger partial charge < -0.3 is 0 Å². The van der Waals surface area contributed by atoms with Crippen molar-refractivity contribution in [3.8, 4) is 0 Å². The Balaban J connectivity index is 0.000000956. The molecule has 1 fully saturated rings. The molecular weight excluding hydrogens is 246 g/mol. The maximum atomic E-state index is 4.91. The van der Waals surface area contributed by atoms with Crippen LogP contribution in [0.25, 0.3) is 0 Å². The SMILES string of the molecule is C/C=C1/C=N[N+]2(CCCC2)C1=NC(C)=C(C)CC.CC. The lowest BCUT2D eigenvalue weighted by Gasteiger charge is -2.22. The van der Waals surface area contributed by atoms with E-state index in [2.05, 4.69) is 33.8 Å². The van der Waals surface area contributed by atoms with Gasteiger partial charge in [0.05, 0.1) is 11.8 Å². The predicted molar refractivity (Wildman–Crippen MR) is 88.9 cm³/mol. The van der Waals surface area contributed by atoms with Crippen molar-refractivity contribution in [1.82, 2.24) is 0 Å². The second kappa shape index (κ2) is 7.53. The molecule has 0 aromatic rings. The van der Waals surface area contributed by atoms with Crippen LogP contribution < -0.4 is 0 Å². The van der Waals surface area contributed by atoms with Crippen LogP contribution in [-0.4, -0.2) is 29.7 Å². The van der Waals surface area contributed by atoms with Crippen LogP contribution in [-0.2, 0) is 0 Å². The van der Waals surface area contributed by atoms with Crippen LogP contribution in [0.2, 0.25) is 0 Å². The standard InChI is InChI=1S/C15H24N3.C2H6/c1-5-12(3)13(4)17-15-14(6-2)11-16-18(15)9-7-8-10-18;1-2/h6,11H,5,7-10H2,1-4H3;1-2H3/q+1;/b13-12?,14-6-,17-15?;. The summed E-state index contributed by atoms with van der Waals surface area (Å²) in [7, 11) is 0. The van der Waals surface area contributed by atoms with Crippen molar-refractivity contribution in [2.24, 2.45) is 10.1 Å². The molecule has 0 aromatic carbocycles. The van der Waals surface area contributed by atoms with Crippen LogP contribution >= 0.6 is 0 Å². The lowest BCUT2D eigenvalue weighted by molar-refractivity contribution is -0.831. The fourth-order valence-corrected chi connectivity index (χ4v) is 2.58. The summed E-state index contributed by atoms with van der Waals surface area (Å²) in [6, 6.07) is 0. The molecule has 0 N–H and O–H groups in total. The molecule has 0 unspecified atom stereocenters. The third-order valence-corrected chi connectivity index (χ3v) is 4.11. The van der Waals surface area contributed by atoms with Crippen molar-refractivity contribution >= 4 is 12.1 Å². The number of hydrogen-bond donors (Lipinski definition) is 0. The molecular formula is C17H30N3+. The summed E-state index contributed by atoms with van der Waals surface area (Å²) >= 11 is 0. The summed E-state index contributed by atoms with van der Waals surface area (Å²) in [6.45, 7) is 14.7. The molecule has 3 heteroatoms. The number of rotatable bonds is 2. The van der Waals surface area contributed by atoms with Gasteiger partial charge in [-0.25, -0.2) is 0 Å². The first-order valence-electron chi connectivity index (χ1n) is 7.98. The van der Waals surface area contributed by atoms with Crippen LogP contribution in [0.5, 0.6) is 0 Å². The van der Waals surface area contributed by atoms with E-state index in [0.29, 0.717) is 0 Å². The molecule has 0 saturated carbocycles. The van der Waals surface area contributed by atoms with Crippen molar-refractivity contribution in [2.75, 3.05) is 13.1 Å². The van der Waals surface area contributed by atoms with E-state index in [1.165, 1.54) is 24.0 Å². The van der Waals surface area contributed by atoms with E-state index in [1.54, 1.807) is 0 Å². The molecule has 0 aromatic heterocycles. The summed E-state index contributed by atoms with van der Waals surface area (Å²) in [5.41, 5.74) is 3.71. The lowest BCUT2D eigenvalue weighted by atomic mass is 10.2. The molecule has 2 aliphatic rings. The van der Waals surface area contributed by atoms with E-state index in [4.69, 9.17) is 10.1 Å². The van der Waals surface area contributed by atoms with E-state index in [9.17, 15) is 0 Å². The molecule has 20 heavy (non-hydrogen) atoms. The van der Waals surface area contributed by atoms with Gasteiger partial charge in [0.25, 0.3) is 5.84 Å². The number of allylic oxidation sites excluding steroid dienone is 3. The Bertz CT molecular complexity index is 447. The minimum atomic E-state index is 0.730. The quantitative estimate of drug-likeness (QED) is 0.655. The molecule has 0 radical (unpaired) electrons. The zero-order chi connectivity index (χ0) is 15.2. The third-order valence-electron chi connectivity index (χ3n) is 4.11. The van der Waals surface area contributed by atoms with E-state index in [1.807, 2.05) is 20.1 Å². The first-order chi connectivity index (χ1) is 9.63. The average Bonchev–Trinajstić information content (AvgIpc) is 3.09. The number of nitrogens with zero attached hydrogens (tertiary/aromatic N) is 3. The lowest BCUT2D eigenvalue weighted by Crippen LogP contribution is -2.43. The highest BCUT2D eigenvalue weighted by molar-refractivity contribution is 6.14. The van der Waals surface area contributed by atoms with Crippen molar-refractivity contribution in [1.29, 1.82) is 0 Å². The third kappa shape index (κ3) is 3.26. The fourth-order valence-electron chi connectivity index (χ4n) is 2.58. The van der Waals surface area contributed by atoms with Gasteiger partial charge in [0, 0.05) is 18.5 Å². The van der Waals surface area contributed by atoms with Gasteiger partial charge in [0.2, 0.25) is 0 Å². The summed E-state index contributed by atoms with van der Waals surface area (Å²) in [5, 5.41) is 4.73. The van der Waals surface area contributed by atoms with E-state index >= 15 is 0 Å². The van der Waals surface area contributed by atoms with Crippen LogP contribution in [0, 0.1) is 0 Å². The minimum Gasteiger partial charge on any atom is -0.199 e. The van der Waals surface area contributed by atoms with Gasteiger partial charge in [-0.2, -0.15) is 4.99 Å². The number of hydrogen-bond acceptors (Lipinski definition) is 2. The normalized spacial score (nSPS) is 25.1. The van der Waals surface area contributed by atoms with Gasteiger partial charge in [-0.15, -0.1) is 4.59 Å². The topological polar surface area (TPSA) is 24.7 Å². The second-order valence-corrected chi connectivity index (χ2v) is 5.22. The molecule has 2 heterocycles. The second-order valence-electron chi connectivity index (χ2n) is 5.22. The first kappa shape index (κ1) is 16.8. The highest BCUT2D eigenvalue weighted by Crippen LogP contribution is 2.29. The van der Waals surface area contributed by atoms with Crippen molar-refractivity contribution in [3.63, 3.8) is 0 Å². The van der Waals surface area contributed by atoms with E-state index < -0.39 is 0 Å². The van der Waals surface area contributed by atoms with E-state index in [-0.39, 0.29) is 0 Å². The van der Waals surface area contributed by atoms with Crippen LogP contribution in [0.15, 0.2) is 33.0 Å². The molecule has 3 nitrogen and oxygen atoms in total. The van der Waals surface area contributed by atoms with Gasteiger partial charge in [-0.3, -0.25) is 0 Å². The summed E-state index contributed by atoms with van der Waals surface area (Å²) < 4.78 is 0.730. The van der Waals surface area contributed by atoms with Crippen LogP contribution in [0.1, 0.15) is 60.8 Å². The van der Waals surface area contributed by atoms with Crippen LogP contribution in [0.4, 0.5) is 0 Å². The molecule has 2 rings (SSSR count). The van der Waals surface area contributed by atoms with Gasteiger partial charge in [0.1, 0.15) is 13.1 Å². The predicted octanol–water partition coefficient (Wildman–Crippen LogP) is 4.67. The number of aliphatic imine (C=N–C) groups is 1. The Morgan fingerprint density at radius 1 is 1.30 bits per heavy atom. The Hall–Kier alpha value is -1.22. The van der Waals surface area contributed by atoms with Gasteiger partial charge in [-0.05, 0) is 27.2 Å². The molecule has 0 atom stereocenters. The van der Waals surface area contributed by atoms with Crippen LogP contribution in [0.3, 0.4) is 0 Å². The van der Waals surface area contributed by atoms with Crippen molar-refractivity contribution in [3.05, 3.63) is 22.9 Å². The molecule has 0 amide bonds. The van der Waals surface area contributed by atoms with Gasteiger partial charge in [0.15, 0.2) is 0 Å². The largest absolute Gasteiger partial charge is 0.263 e. The fraction of sp³-hybridized carbons (Fsp3) is 0.647. The Kier molecular flexibility index (Phi) is 6.34. The maximum absolute atomic E-state index is 4.91. The average molecular weight is 276 g/mol. The summed E-state index contributed by atoms with van der Waals surface area (Å²) in [4.78, 5) is 4.91. The number of quaternary nitrogens is 1. The van der Waals surface area contributed by atoms with Crippen molar-refractivity contribution in [2.45, 2.75) is 60.8 Å². The molecule has 112 valence electrons. The molecule has 0 aliphatic carbocycles. The maximum Gasteiger partial charge on any atom is 0.263 e.